The molecule has 1 aromatic heterocycles. The third kappa shape index (κ3) is 3.59. The molecule has 0 aliphatic carbocycles. The first-order valence-corrected chi connectivity index (χ1v) is 6.25. The minimum absolute atomic E-state index is 0.528. The summed E-state index contributed by atoms with van der Waals surface area (Å²) in [7, 11) is 0. The van der Waals surface area contributed by atoms with E-state index in [1.54, 1.807) is 17.1 Å². The van der Waals surface area contributed by atoms with E-state index < -0.39 is 12.2 Å². The smallest absolute Gasteiger partial charge is 0.108 e. The fourth-order valence-corrected chi connectivity index (χ4v) is 1.84. The molecule has 15 heavy (non-hydrogen) atoms. The molecule has 0 aliphatic rings. The lowest BCUT2D eigenvalue weighted by atomic mass is 10.1. The molecule has 0 aromatic carbocycles. The summed E-state index contributed by atoms with van der Waals surface area (Å²) in [6, 6.07) is 0. The summed E-state index contributed by atoms with van der Waals surface area (Å²) < 4.78 is 1.78. The molecule has 0 saturated carbocycles. The van der Waals surface area contributed by atoms with Gasteiger partial charge in [0.2, 0.25) is 0 Å². The number of aliphatic hydroxyl groups is 2. The van der Waals surface area contributed by atoms with Crippen molar-refractivity contribution in [1.29, 1.82) is 0 Å². The molecule has 0 fully saturated rings. The summed E-state index contributed by atoms with van der Waals surface area (Å²) in [6.45, 7) is 2.90. The summed E-state index contributed by atoms with van der Waals surface area (Å²) in [5.41, 5.74) is 0.678. The number of rotatable bonds is 6. The van der Waals surface area contributed by atoms with Crippen molar-refractivity contribution in [2.75, 3.05) is 5.33 Å². The SMILES string of the molecule is CCCn1cc(C(O)C(O)CCBr)cn1. The van der Waals surface area contributed by atoms with Crippen molar-refractivity contribution in [2.45, 2.75) is 38.5 Å². The van der Waals surface area contributed by atoms with Crippen molar-refractivity contribution < 1.29 is 10.2 Å². The maximum Gasteiger partial charge on any atom is 0.108 e. The maximum absolute atomic E-state index is 9.78. The predicted molar refractivity (Wildman–Crippen MR) is 61.9 cm³/mol. The summed E-state index contributed by atoms with van der Waals surface area (Å²) in [4.78, 5) is 0. The first-order chi connectivity index (χ1) is 7.19. The Morgan fingerprint density at radius 1 is 1.53 bits per heavy atom. The number of halogens is 1. The van der Waals surface area contributed by atoms with E-state index in [2.05, 4.69) is 28.0 Å². The van der Waals surface area contributed by atoms with E-state index in [0.717, 1.165) is 13.0 Å². The Morgan fingerprint density at radius 3 is 2.87 bits per heavy atom. The largest absolute Gasteiger partial charge is 0.390 e. The van der Waals surface area contributed by atoms with Gasteiger partial charge in [-0.25, -0.2) is 0 Å². The van der Waals surface area contributed by atoms with Crippen molar-refractivity contribution in [3.05, 3.63) is 18.0 Å². The van der Waals surface area contributed by atoms with Gasteiger partial charge in [-0.15, -0.1) is 0 Å². The standard InChI is InChI=1S/C10H17BrN2O2/c1-2-5-13-7-8(6-12-13)10(15)9(14)3-4-11/h6-7,9-10,14-15H,2-5H2,1H3. The predicted octanol–water partition coefficient (Wildman–Crippen LogP) is 1.47. The number of hydrogen-bond acceptors (Lipinski definition) is 3. The lowest BCUT2D eigenvalue weighted by Crippen LogP contribution is -2.18. The zero-order valence-corrected chi connectivity index (χ0v) is 10.4. The lowest BCUT2D eigenvalue weighted by Gasteiger charge is -2.14. The van der Waals surface area contributed by atoms with E-state index in [1.165, 1.54) is 0 Å². The van der Waals surface area contributed by atoms with E-state index in [1.807, 2.05) is 0 Å². The molecule has 1 aromatic rings. The van der Waals surface area contributed by atoms with Crippen LogP contribution in [0.3, 0.4) is 0 Å². The van der Waals surface area contributed by atoms with Gasteiger partial charge in [0.15, 0.2) is 0 Å². The fraction of sp³-hybridized carbons (Fsp3) is 0.700. The molecule has 5 heteroatoms. The molecule has 2 N–H and O–H groups in total. The maximum atomic E-state index is 9.78. The highest BCUT2D eigenvalue weighted by molar-refractivity contribution is 9.09. The van der Waals surface area contributed by atoms with Gasteiger partial charge < -0.3 is 10.2 Å². The molecule has 1 heterocycles. The third-order valence-corrected chi connectivity index (χ3v) is 2.67. The second-order valence-corrected chi connectivity index (χ2v) is 4.32. The monoisotopic (exact) mass is 276 g/mol. The Bertz CT molecular complexity index is 291. The summed E-state index contributed by atoms with van der Waals surface area (Å²) in [5.74, 6) is 0. The highest BCUT2D eigenvalue weighted by atomic mass is 79.9. The van der Waals surface area contributed by atoms with Crippen LogP contribution in [-0.2, 0) is 6.54 Å². The van der Waals surface area contributed by atoms with E-state index in [-0.39, 0.29) is 0 Å². The van der Waals surface area contributed by atoms with E-state index in [4.69, 9.17) is 0 Å². The Labute approximate surface area is 98.0 Å². The fourth-order valence-electron chi connectivity index (χ4n) is 1.38. The van der Waals surface area contributed by atoms with Crippen LogP contribution in [0, 0.1) is 0 Å². The lowest BCUT2D eigenvalue weighted by molar-refractivity contribution is 0.0173. The van der Waals surface area contributed by atoms with Crippen molar-refractivity contribution >= 4 is 15.9 Å². The van der Waals surface area contributed by atoms with Crippen LogP contribution < -0.4 is 0 Å². The summed E-state index contributed by atoms with van der Waals surface area (Å²) >= 11 is 3.23. The molecule has 2 unspecified atom stereocenters. The second kappa shape index (κ2) is 6.25. The Morgan fingerprint density at radius 2 is 2.27 bits per heavy atom. The zero-order chi connectivity index (χ0) is 11.3. The Balaban J connectivity index is 2.60. The van der Waals surface area contributed by atoms with Crippen molar-refractivity contribution in [3.8, 4) is 0 Å². The number of alkyl halides is 1. The number of hydrogen-bond donors (Lipinski definition) is 2. The molecule has 4 nitrogen and oxygen atoms in total. The second-order valence-electron chi connectivity index (χ2n) is 3.53. The van der Waals surface area contributed by atoms with Gasteiger partial charge in [-0.3, -0.25) is 4.68 Å². The highest BCUT2D eigenvalue weighted by Crippen LogP contribution is 2.18. The third-order valence-electron chi connectivity index (χ3n) is 2.22. The van der Waals surface area contributed by atoms with Gasteiger partial charge in [0.1, 0.15) is 6.10 Å². The van der Waals surface area contributed by atoms with E-state index in [9.17, 15) is 10.2 Å². The Hall–Kier alpha value is -0.390. The zero-order valence-electron chi connectivity index (χ0n) is 8.80. The van der Waals surface area contributed by atoms with Crippen LogP contribution >= 0.6 is 15.9 Å². The average molecular weight is 277 g/mol. The molecule has 0 radical (unpaired) electrons. The van der Waals surface area contributed by atoms with Crippen molar-refractivity contribution in [1.82, 2.24) is 9.78 Å². The van der Waals surface area contributed by atoms with Gasteiger partial charge in [0.25, 0.3) is 0 Å². The van der Waals surface area contributed by atoms with Crippen LogP contribution in [0.4, 0.5) is 0 Å². The summed E-state index contributed by atoms with van der Waals surface area (Å²) in [6.07, 6.45) is 3.35. The minimum atomic E-state index is -0.840. The highest BCUT2D eigenvalue weighted by Gasteiger charge is 2.18. The molecular formula is C10H17BrN2O2. The quantitative estimate of drug-likeness (QED) is 0.774. The molecule has 86 valence electrons. The number of aliphatic hydroxyl groups excluding tert-OH is 2. The molecule has 2 atom stereocenters. The first kappa shape index (κ1) is 12.7. The van der Waals surface area contributed by atoms with Gasteiger partial charge in [-0.05, 0) is 12.8 Å². The van der Waals surface area contributed by atoms with Crippen LogP contribution in [0.15, 0.2) is 12.4 Å². The molecular weight excluding hydrogens is 260 g/mol. The molecule has 0 saturated heterocycles. The summed E-state index contributed by atoms with van der Waals surface area (Å²) in [5, 5.41) is 24.1. The van der Waals surface area contributed by atoms with E-state index >= 15 is 0 Å². The average Bonchev–Trinajstić information content (AvgIpc) is 2.66. The van der Waals surface area contributed by atoms with Gasteiger partial charge in [0.05, 0.1) is 12.3 Å². The van der Waals surface area contributed by atoms with Gasteiger partial charge >= 0.3 is 0 Å². The topological polar surface area (TPSA) is 58.3 Å². The molecule has 0 spiro atoms. The molecule has 1 rings (SSSR count). The molecule has 0 bridgehead atoms. The molecule has 0 amide bonds. The van der Waals surface area contributed by atoms with Crippen LogP contribution in [0.25, 0.3) is 0 Å². The van der Waals surface area contributed by atoms with Gasteiger partial charge in [-0.1, -0.05) is 22.9 Å². The van der Waals surface area contributed by atoms with E-state index in [0.29, 0.717) is 17.3 Å². The van der Waals surface area contributed by atoms with Crippen LogP contribution in [0.1, 0.15) is 31.4 Å². The van der Waals surface area contributed by atoms with Crippen molar-refractivity contribution in [3.63, 3.8) is 0 Å². The van der Waals surface area contributed by atoms with Gasteiger partial charge in [-0.2, -0.15) is 5.10 Å². The Kier molecular flexibility index (Phi) is 5.28. The number of aryl methyl sites for hydroxylation is 1. The minimum Gasteiger partial charge on any atom is -0.390 e. The van der Waals surface area contributed by atoms with Crippen LogP contribution in [0.2, 0.25) is 0 Å². The number of nitrogens with zero attached hydrogens (tertiary/aromatic N) is 2. The number of aromatic nitrogens is 2. The van der Waals surface area contributed by atoms with Crippen molar-refractivity contribution in [2.24, 2.45) is 0 Å². The van der Waals surface area contributed by atoms with Gasteiger partial charge in [0, 0.05) is 23.6 Å². The normalized spacial score (nSPS) is 15.2. The molecule has 0 aliphatic heterocycles. The first-order valence-electron chi connectivity index (χ1n) is 5.13. The van der Waals surface area contributed by atoms with Crippen LogP contribution in [-0.4, -0.2) is 31.4 Å². The van der Waals surface area contributed by atoms with Crippen LogP contribution in [0.5, 0.6) is 0 Å².